The van der Waals surface area contributed by atoms with E-state index in [4.69, 9.17) is 13.3 Å². The van der Waals surface area contributed by atoms with Gasteiger partial charge >= 0.3 is 5.97 Å². The molecular formula is C13H25O6SSi. The van der Waals surface area contributed by atoms with Gasteiger partial charge in [0.2, 0.25) is 9.04 Å². The Bertz CT molecular complexity index is 468. The van der Waals surface area contributed by atoms with E-state index in [2.05, 4.69) is 0 Å². The summed E-state index contributed by atoms with van der Waals surface area (Å²) in [4.78, 5) is 12.2. The number of ether oxygens (including phenoxy) is 1. The van der Waals surface area contributed by atoms with Crippen LogP contribution in [0.3, 0.4) is 0 Å². The first-order valence-corrected chi connectivity index (χ1v) is 11.1. The summed E-state index contributed by atoms with van der Waals surface area (Å²) in [6.07, 6.45) is 0.241. The van der Waals surface area contributed by atoms with Crippen LogP contribution < -0.4 is 0 Å². The minimum atomic E-state index is -3.64. The highest BCUT2D eigenvalue weighted by molar-refractivity contribution is 7.86. The number of cyclic esters (lactones) is 1. The van der Waals surface area contributed by atoms with E-state index in [-0.39, 0.29) is 18.1 Å². The van der Waals surface area contributed by atoms with E-state index in [1.807, 2.05) is 33.9 Å². The summed E-state index contributed by atoms with van der Waals surface area (Å²) >= 11 is 0. The van der Waals surface area contributed by atoms with Crippen LogP contribution >= 0.6 is 0 Å². The third-order valence-corrected chi connectivity index (χ3v) is 4.61. The van der Waals surface area contributed by atoms with Crippen molar-refractivity contribution in [1.29, 1.82) is 0 Å². The minimum absolute atomic E-state index is 0.136. The van der Waals surface area contributed by atoms with Gasteiger partial charge in [-0.25, -0.2) is 0 Å². The molecule has 0 N–H and O–H groups in total. The number of carbonyl (C=O) groups is 1. The Hall–Kier alpha value is -0.443. The number of hydrogen-bond donors (Lipinski definition) is 0. The largest absolute Gasteiger partial charge is 0.461 e. The van der Waals surface area contributed by atoms with E-state index in [0.29, 0.717) is 6.42 Å². The molecule has 1 fully saturated rings. The van der Waals surface area contributed by atoms with Crippen molar-refractivity contribution in [2.24, 2.45) is 11.3 Å². The molecule has 8 heteroatoms. The Kier molecular flexibility index (Phi) is 5.99. The van der Waals surface area contributed by atoms with Gasteiger partial charge in [0.25, 0.3) is 10.1 Å². The zero-order valence-electron chi connectivity index (χ0n) is 13.5. The van der Waals surface area contributed by atoms with E-state index in [1.165, 1.54) is 0 Å². The molecule has 0 aliphatic carbocycles. The average Bonchev–Trinajstić information content (AvgIpc) is 2.23. The predicted octanol–water partition coefficient (Wildman–Crippen LogP) is 1.58. The quantitative estimate of drug-likeness (QED) is 0.430. The highest BCUT2D eigenvalue weighted by Gasteiger charge is 2.44. The average molecular weight is 337 g/mol. The third-order valence-electron chi connectivity index (χ3n) is 3.27. The van der Waals surface area contributed by atoms with Gasteiger partial charge in [-0.1, -0.05) is 20.8 Å². The topological polar surface area (TPSA) is 78.9 Å². The van der Waals surface area contributed by atoms with Gasteiger partial charge in [-0.2, -0.15) is 8.42 Å². The molecule has 0 aromatic rings. The Labute approximate surface area is 129 Å². The summed E-state index contributed by atoms with van der Waals surface area (Å²) in [5.74, 6) is -1.14. The van der Waals surface area contributed by atoms with E-state index >= 15 is 0 Å². The second-order valence-corrected chi connectivity index (χ2v) is 10.4. The SMILES string of the molecule is C[Si](C)OCC1C(=O)OC(C(C)(C)C)CC1OS(C)(=O)=O. The van der Waals surface area contributed by atoms with Gasteiger partial charge in [0.1, 0.15) is 12.0 Å². The number of esters is 1. The van der Waals surface area contributed by atoms with Crippen molar-refractivity contribution in [3.63, 3.8) is 0 Å². The van der Waals surface area contributed by atoms with Crippen molar-refractivity contribution in [3.05, 3.63) is 0 Å². The predicted molar refractivity (Wildman–Crippen MR) is 80.6 cm³/mol. The summed E-state index contributed by atoms with van der Waals surface area (Å²) in [6.45, 7) is 9.86. The van der Waals surface area contributed by atoms with Gasteiger partial charge in [0.05, 0.1) is 12.4 Å². The summed E-state index contributed by atoms with van der Waals surface area (Å²) in [6, 6.07) is 0. The maximum Gasteiger partial charge on any atom is 0.314 e. The van der Waals surface area contributed by atoms with Gasteiger partial charge in [0.15, 0.2) is 0 Å². The molecule has 21 heavy (non-hydrogen) atoms. The maximum atomic E-state index is 12.2. The molecule has 0 bridgehead atoms. The summed E-state index contributed by atoms with van der Waals surface area (Å²) in [5.41, 5.74) is -0.273. The molecule has 1 radical (unpaired) electrons. The Morgan fingerprint density at radius 2 is 1.90 bits per heavy atom. The van der Waals surface area contributed by atoms with Crippen LogP contribution in [0.1, 0.15) is 27.2 Å². The molecule has 3 atom stereocenters. The molecule has 0 spiro atoms. The molecule has 0 aromatic heterocycles. The fraction of sp³-hybridized carbons (Fsp3) is 0.923. The van der Waals surface area contributed by atoms with Gasteiger partial charge in [-0.3, -0.25) is 8.98 Å². The zero-order valence-corrected chi connectivity index (χ0v) is 15.3. The molecule has 1 rings (SSSR count). The van der Waals surface area contributed by atoms with Crippen molar-refractivity contribution in [2.75, 3.05) is 12.9 Å². The maximum absolute atomic E-state index is 12.2. The van der Waals surface area contributed by atoms with Crippen LogP contribution in [0.15, 0.2) is 0 Å². The van der Waals surface area contributed by atoms with Crippen LogP contribution in [0, 0.1) is 11.3 Å². The van der Waals surface area contributed by atoms with Gasteiger partial charge in [-0.15, -0.1) is 0 Å². The molecule has 0 saturated carbocycles. The van der Waals surface area contributed by atoms with E-state index in [1.54, 1.807) is 0 Å². The second kappa shape index (κ2) is 6.76. The van der Waals surface area contributed by atoms with Crippen LogP contribution in [0.5, 0.6) is 0 Å². The lowest BCUT2D eigenvalue weighted by Gasteiger charge is -2.39. The molecule has 6 nitrogen and oxygen atoms in total. The fourth-order valence-electron chi connectivity index (χ4n) is 2.10. The Morgan fingerprint density at radius 3 is 2.33 bits per heavy atom. The molecule has 3 unspecified atom stereocenters. The number of hydrogen-bond acceptors (Lipinski definition) is 6. The molecule has 0 aromatic carbocycles. The molecule has 1 saturated heterocycles. The van der Waals surface area contributed by atoms with E-state index in [9.17, 15) is 13.2 Å². The fourth-order valence-corrected chi connectivity index (χ4v) is 3.27. The third kappa shape index (κ3) is 6.05. The normalized spacial score (nSPS) is 27.8. The molecule has 0 amide bonds. The Morgan fingerprint density at radius 1 is 1.33 bits per heavy atom. The molecular weight excluding hydrogens is 312 g/mol. The van der Waals surface area contributed by atoms with E-state index in [0.717, 1.165) is 6.26 Å². The van der Waals surface area contributed by atoms with Crippen LogP contribution in [0.4, 0.5) is 0 Å². The first-order valence-electron chi connectivity index (χ1n) is 6.92. The Balaban J connectivity index is 2.92. The van der Waals surface area contributed by atoms with Crippen LogP contribution in [0.2, 0.25) is 13.1 Å². The van der Waals surface area contributed by atoms with Crippen molar-refractivity contribution < 1.29 is 26.6 Å². The van der Waals surface area contributed by atoms with Crippen LogP contribution in [-0.4, -0.2) is 48.5 Å². The number of carbonyl (C=O) groups excluding carboxylic acids is 1. The molecule has 1 aliphatic rings. The van der Waals surface area contributed by atoms with Gasteiger partial charge in [-0.05, 0) is 18.5 Å². The molecule has 123 valence electrons. The lowest BCUT2D eigenvalue weighted by molar-refractivity contribution is -0.178. The minimum Gasteiger partial charge on any atom is -0.461 e. The van der Waals surface area contributed by atoms with Crippen molar-refractivity contribution in [3.8, 4) is 0 Å². The summed E-state index contributed by atoms with van der Waals surface area (Å²) in [7, 11) is -4.62. The lowest BCUT2D eigenvalue weighted by Crippen LogP contribution is -2.49. The monoisotopic (exact) mass is 337 g/mol. The summed E-state index contributed by atoms with van der Waals surface area (Å²) < 4.78 is 39.0. The highest BCUT2D eigenvalue weighted by Crippen LogP contribution is 2.34. The smallest absolute Gasteiger partial charge is 0.314 e. The summed E-state index contributed by atoms with van der Waals surface area (Å²) in [5, 5.41) is 0. The van der Waals surface area contributed by atoms with Crippen molar-refractivity contribution >= 4 is 25.1 Å². The molecule has 1 aliphatic heterocycles. The van der Waals surface area contributed by atoms with Gasteiger partial charge < -0.3 is 9.16 Å². The number of rotatable bonds is 5. The first-order chi connectivity index (χ1) is 9.40. The van der Waals surface area contributed by atoms with Crippen molar-refractivity contribution in [2.45, 2.75) is 52.5 Å². The van der Waals surface area contributed by atoms with Crippen LogP contribution in [-0.2, 0) is 28.3 Å². The zero-order chi connectivity index (χ0) is 16.4. The highest BCUT2D eigenvalue weighted by atomic mass is 32.2. The molecule has 1 heterocycles. The van der Waals surface area contributed by atoms with Crippen LogP contribution in [0.25, 0.3) is 0 Å². The van der Waals surface area contributed by atoms with Gasteiger partial charge in [0, 0.05) is 13.0 Å². The first kappa shape index (κ1) is 18.6. The van der Waals surface area contributed by atoms with E-state index < -0.39 is 37.1 Å². The van der Waals surface area contributed by atoms with Crippen molar-refractivity contribution in [1.82, 2.24) is 0 Å². The lowest BCUT2D eigenvalue weighted by atomic mass is 9.81. The second-order valence-electron chi connectivity index (χ2n) is 6.69. The standard InChI is InChI=1S/C13H25O6SSi/c1-13(2,3)11-7-10(19-20(4,15)16)9(12(14)18-11)8-17-21(5)6/h9-11H,7-8H2,1-6H3.